The maximum atomic E-state index is 5.70. The summed E-state index contributed by atoms with van der Waals surface area (Å²) in [5, 5.41) is 0. The lowest BCUT2D eigenvalue weighted by atomic mass is 9.76. The summed E-state index contributed by atoms with van der Waals surface area (Å²) in [5.74, 6) is 8.21. The first-order valence-electron chi connectivity index (χ1n) is 6.63. The van der Waals surface area contributed by atoms with E-state index in [-0.39, 0.29) is 0 Å². The van der Waals surface area contributed by atoms with E-state index in [1.54, 1.807) is 0 Å². The third kappa shape index (κ3) is 4.12. The summed E-state index contributed by atoms with van der Waals surface area (Å²) >= 11 is 0. The summed E-state index contributed by atoms with van der Waals surface area (Å²) < 4.78 is 0. The van der Waals surface area contributed by atoms with Crippen LogP contribution in [0, 0.1) is 17.8 Å². The van der Waals surface area contributed by atoms with Crippen molar-refractivity contribution in [3.8, 4) is 0 Å². The lowest BCUT2D eigenvalue weighted by Gasteiger charge is -2.34. The zero-order valence-corrected chi connectivity index (χ0v) is 10.6. The Morgan fingerprint density at radius 2 is 2.13 bits per heavy atom. The molecule has 0 spiro atoms. The van der Waals surface area contributed by atoms with E-state index >= 15 is 0 Å². The minimum atomic E-state index is 0.544. The van der Waals surface area contributed by atoms with Gasteiger partial charge in [-0.25, -0.2) is 0 Å². The molecule has 0 aliphatic heterocycles. The minimum Gasteiger partial charge on any atom is -0.271 e. The Kier molecular flexibility index (Phi) is 5.62. The Balaban J connectivity index is 2.42. The van der Waals surface area contributed by atoms with Crippen molar-refractivity contribution in [1.82, 2.24) is 5.43 Å². The fourth-order valence-corrected chi connectivity index (χ4v) is 2.84. The van der Waals surface area contributed by atoms with Crippen LogP contribution in [-0.2, 0) is 0 Å². The minimum absolute atomic E-state index is 0.544. The van der Waals surface area contributed by atoms with Crippen molar-refractivity contribution in [3.05, 3.63) is 0 Å². The summed E-state index contributed by atoms with van der Waals surface area (Å²) in [4.78, 5) is 0. The first kappa shape index (κ1) is 13.0. The zero-order valence-electron chi connectivity index (χ0n) is 10.6. The molecule has 0 aromatic heterocycles. The Bertz CT molecular complexity index is 170. The SMILES string of the molecule is CCC(C)CC(NN)C1CCCC(C)C1. The average Bonchev–Trinajstić information content (AvgIpc) is 2.25. The molecule has 90 valence electrons. The van der Waals surface area contributed by atoms with Crippen molar-refractivity contribution in [2.45, 2.75) is 65.3 Å². The van der Waals surface area contributed by atoms with E-state index in [9.17, 15) is 0 Å². The second-order valence-corrected chi connectivity index (χ2v) is 5.55. The third-order valence-electron chi connectivity index (χ3n) is 4.11. The molecule has 4 atom stereocenters. The van der Waals surface area contributed by atoms with Gasteiger partial charge in [-0.15, -0.1) is 0 Å². The van der Waals surface area contributed by atoms with Crippen LogP contribution in [-0.4, -0.2) is 6.04 Å². The second kappa shape index (κ2) is 6.49. The summed E-state index contributed by atoms with van der Waals surface area (Å²) in [7, 11) is 0. The van der Waals surface area contributed by atoms with Crippen LogP contribution < -0.4 is 11.3 Å². The largest absolute Gasteiger partial charge is 0.271 e. The number of hydrazine groups is 1. The summed E-state index contributed by atoms with van der Waals surface area (Å²) in [6, 6.07) is 0.544. The summed E-state index contributed by atoms with van der Waals surface area (Å²) in [5.41, 5.74) is 3.06. The molecule has 3 N–H and O–H groups in total. The molecule has 1 fully saturated rings. The Hall–Kier alpha value is -0.0800. The smallest absolute Gasteiger partial charge is 0.0241 e. The van der Waals surface area contributed by atoms with Crippen molar-refractivity contribution in [3.63, 3.8) is 0 Å². The first-order valence-corrected chi connectivity index (χ1v) is 6.63. The number of hydrogen-bond donors (Lipinski definition) is 2. The number of nitrogens with one attached hydrogen (secondary N) is 1. The number of hydrogen-bond acceptors (Lipinski definition) is 2. The maximum absolute atomic E-state index is 5.70. The molecule has 1 aliphatic carbocycles. The van der Waals surface area contributed by atoms with Crippen molar-refractivity contribution >= 4 is 0 Å². The number of rotatable bonds is 5. The number of nitrogens with two attached hydrogens (primary N) is 1. The highest BCUT2D eigenvalue weighted by Gasteiger charge is 2.26. The zero-order chi connectivity index (χ0) is 11.3. The van der Waals surface area contributed by atoms with Crippen molar-refractivity contribution < 1.29 is 0 Å². The molecule has 1 aliphatic rings. The van der Waals surface area contributed by atoms with Crippen LogP contribution in [0.1, 0.15) is 59.3 Å². The fraction of sp³-hybridized carbons (Fsp3) is 1.00. The van der Waals surface area contributed by atoms with Crippen LogP contribution in [0.4, 0.5) is 0 Å². The van der Waals surface area contributed by atoms with Crippen LogP contribution >= 0.6 is 0 Å². The molecule has 0 aromatic rings. The monoisotopic (exact) mass is 212 g/mol. The van der Waals surface area contributed by atoms with Gasteiger partial charge in [0.25, 0.3) is 0 Å². The van der Waals surface area contributed by atoms with Crippen LogP contribution in [0.5, 0.6) is 0 Å². The van der Waals surface area contributed by atoms with Gasteiger partial charge in [0, 0.05) is 6.04 Å². The van der Waals surface area contributed by atoms with Gasteiger partial charge in [-0.3, -0.25) is 11.3 Å². The molecular formula is C13H28N2. The molecule has 2 nitrogen and oxygen atoms in total. The van der Waals surface area contributed by atoms with Gasteiger partial charge in [0.2, 0.25) is 0 Å². The van der Waals surface area contributed by atoms with E-state index in [1.165, 1.54) is 38.5 Å². The van der Waals surface area contributed by atoms with Gasteiger partial charge in [-0.05, 0) is 37.0 Å². The van der Waals surface area contributed by atoms with Gasteiger partial charge < -0.3 is 0 Å². The van der Waals surface area contributed by atoms with Gasteiger partial charge in [0.05, 0.1) is 0 Å². The Labute approximate surface area is 95.0 Å². The van der Waals surface area contributed by atoms with Crippen LogP contribution in [0.15, 0.2) is 0 Å². The molecule has 0 heterocycles. The van der Waals surface area contributed by atoms with Gasteiger partial charge in [-0.2, -0.15) is 0 Å². The summed E-state index contributed by atoms with van der Waals surface area (Å²) in [6.45, 7) is 6.97. The highest BCUT2D eigenvalue weighted by molar-refractivity contribution is 4.81. The highest BCUT2D eigenvalue weighted by Crippen LogP contribution is 2.32. The van der Waals surface area contributed by atoms with Crippen molar-refractivity contribution in [1.29, 1.82) is 0 Å². The first-order chi connectivity index (χ1) is 7.17. The fourth-order valence-electron chi connectivity index (χ4n) is 2.84. The van der Waals surface area contributed by atoms with E-state index < -0.39 is 0 Å². The average molecular weight is 212 g/mol. The molecule has 1 saturated carbocycles. The van der Waals surface area contributed by atoms with E-state index in [4.69, 9.17) is 5.84 Å². The lowest BCUT2D eigenvalue weighted by Crippen LogP contribution is -2.43. The highest BCUT2D eigenvalue weighted by atomic mass is 15.2. The third-order valence-corrected chi connectivity index (χ3v) is 4.11. The Morgan fingerprint density at radius 3 is 2.67 bits per heavy atom. The van der Waals surface area contributed by atoms with Crippen molar-refractivity contribution in [2.24, 2.45) is 23.6 Å². The molecule has 0 aromatic carbocycles. The molecule has 0 bridgehead atoms. The van der Waals surface area contributed by atoms with Gasteiger partial charge in [-0.1, -0.05) is 40.0 Å². The Morgan fingerprint density at radius 1 is 1.40 bits per heavy atom. The normalized spacial score (nSPS) is 31.2. The van der Waals surface area contributed by atoms with E-state index in [0.29, 0.717) is 6.04 Å². The molecule has 0 saturated heterocycles. The van der Waals surface area contributed by atoms with Gasteiger partial charge >= 0.3 is 0 Å². The molecule has 0 radical (unpaired) electrons. The maximum Gasteiger partial charge on any atom is 0.0241 e. The molecular weight excluding hydrogens is 184 g/mol. The van der Waals surface area contributed by atoms with Crippen LogP contribution in [0.3, 0.4) is 0 Å². The molecule has 1 rings (SSSR count). The van der Waals surface area contributed by atoms with E-state index in [2.05, 4.69) is 26.2 Å². The van der Waals surface area contributed by atoms with Crippen LogP contribution in [0.2, 0.25) is 0 Å². The van der Waals surface area contributed by atoms with E-state index in [0.717, 1.165) is 17.8 Å². The van der Waals surface area contributed by atoms with Crippen molar-refractivity contribution in [2.75, 3.05) is 0 Å². The van der Waals surface area contributed by atoms with Crippen LogP contribution in [0.25, 0.3) is 0 Å². The predicted molar refractivity (Wildman–Crippen MR) is 66.3 cm³/mol. The van der Waals surface area contributed by atoms with Gasteiger partial charge in [0.1, 0.15) is 0 Å². The standard InChI is InChI=1S/C13H28N2/c1-4-10(2)9-13(15-14)12-7-5-6-11(3)8-12/h10-13,15H,4-9,14H2,1-3H3. The predicted octanol–water partition coefficient (Wildman–Crippen LogP) is 3.08. The quantitative estimate of drug-likeness (QED) is 0.543. The molecule has 2 heteroatoms. The molecule has 4 unspecified atom stereocenters. The second-order valence-electron chi connectivity index (χ2n) is 5.55. The lowest BCUT2D eigenvalue weighted by molar-refractivity contribution is 0.201. The summed E-state index contributed by atoms with van der Waals surface area (Å²) in [6.07, 6.45) is 8.05. The molecule has 15 heavy (non-hydrogen) atoms. The topological polar surface area (TPSA) is 38.0 Å². The van der Waals surface area contributed by atoms with Gasteiger partial charge in [0.15, 0.2) is 0 Å². The molecule has 0 amide bonds. The van der Waals surface area contributed by atoms with E-state index in [1.807, 2.05) is 0 Å².